The van der Waals surface area contributed by atoms with E-state index in [0.29, 0.717) is 5.13 Å². The van der Waals surface area contributed by atoms with Crippen molar-refractivity contribution >= 4 is 28.3 Å². The lowest BCUT2D eigenvalue weighted by atomic mass is 9.62. The molecule has 4 atom stereocenters. The molecule has 3 aliphatic rings. The van der Waals surface area contributed by atoms with E-state index < -0.39 is 17.8 Å². The van der Waals surface area contributed by atoms with Gasteiger partial charge in [0.2, 0.25) is 5.91 Å². The minimum atomic E-state index is -0.882. The summed E-state index contributed by atoms with van der Waals surface area (Å²) in [5.74, 6) is -2.33. The second-order valence-corrected chi connectivity index (χ2v) is 8.26. The number of carboxylic acid groups (broad SMARTS) is 1. The molecule has 2 N–H and O–H groups in total. The molecule has 2 bridgehead atoms. The number of hydrogen-bond donors (Lipinski definition) is 2. The monoisotopic (exact) mass is 382 g/mol. The first-order valence-corrected chi connectivity index (χ1v) is 10.2. The molecule has 5 rings (SSSR count). The summed E-state index contributed by atoms with van der Waals surface area (Å²) in [6.07, 6.45) is 6.54. The van der Waals surface area contributed by atoms with Crippen LogP contribution in [0.4, 0.5) is 5.13 Å². The largest absolute Gasteiger partial charge is 0.481 e. The van der Waals surface area contributed by atoms with E-state index >= 15 is 0 Å². The maximum Gasteiger partial charge on any atom is 0.307 e. The summed E-state index contributed by atoms with van der Waals surface area (Å²) in [6, 6.07) is 9.90. The average Bonchev–Trinajstić information content (AvgIpc) is 3.11. The van der Waals surface area contributed by atoms with E-state index in [-0.39, 0.29) is 17.7 Å². The molecule has 1 aromatic carbocycles. The fraction of sp³-hybridized carbons (Fsp3) is 0.381. The molecule has 5 nitrogen and oxygen atoms in total. The highest BCUT2D eigenvalue weighted by Gasteiger charge is 2.48. The molecule has 0 unspecified atom stereocenters. The summed E-state index contributed by atoms with van der Waals surface area (Å²) in [4.78, 5) is 30.5. The van der Waals surface area contributed by atoms with Crippen LogP contribution in [-0.2, 0) is 16.0 Å². The van der Waals surface area contributed by atoms with E-state index in [1.807, 2.05) is 42.5 Å². The maximum absolute atomic E-state index is 13.0. The number of hydrogen-bond acceptors (Lipinski definition) is 4. The molecule has 0 spiro atoms. The Morgan fingerprint density at radius 2 is 1.81 bits per heavy atom. The summed E-state index contributed by atoms with van der Waals surface area (Å²) >= 11 is 1.47. The van der Waals surface area contributed by atoms with Gasteiger partial charge in [-0.1, -0.05) is 49.4 Å². The number of fused-ring (bicyclic) bond motifs is 2. The van der Waals surface area contributed by atoms with E-state index in [1.165, 1.54) is 11.3 Å². The molecule has 6 heteroatoms. The Kier molecular flexibility index (Phi) is 4.83. The number of allylic oxidation sites excluding steroid dienone is 2. The predicted octanol–water partition coefficient (Wildman–Crippen LogP) is 4.22. The van der Waals surface area contributed by atoms with Crippen LogP contribution in [-0.4, -0.2) is 22.0 Å². The lowest BCUT2D eigenvalue weighted by molar-refractivity contribution is -0.151. The van der Waals surface area contributed by atoms with Crippen LogP contribution in [0.5, 0.6) is 0 Å². The molecule has 1 saturated carbocycles. The average molecular weight is 382 g/mol. The highest BCUT2D eigenvalue weighted by Crippen LogP contribution is 2.45. The first-order valence-electron chi connectivity index (χ1n) is 9.35. The fourth-order valence-electron chi connectivity index (χ4n) is 4.34. The van der Waals surface area contributed by atoms with Crippen molar-refractivity contribution in [3.05, 3.63) is 47.4 Å². The molecule has 1 aromatic heterocycles. The van der Waals surface area contributed by atoms with Crippen molar-refractivity contribution in [1.29, 1.82) is 0 Å². The number of aromatic nitrogens is 1. The second kappa shape index (κ2) is 7.27. The van der Waals surface area contributed by atoms with Crippen molar-refractivity contribution in [3.8, 4) is 11.3 Å². The number of benzene rings is 1. The van der Waals surface area contributed by atoms with E-state index in [4.69, 9.17) is 0 Å². The maximum atomic E-state index is 13.0. The van der Waals surface area contributed by atoms with E-state index in [1.54, 1.807) is 0 Å². The van der Waals surface area contributed by atoms with Gasteiger partial charge in [-0.25, -0.2) is 4.98 Å². The SMILES string of the molecule is CCc1sc(NC(=O)[C@H]2[C@H](C(=O)O)[C@H]3C=C[C@H]2CC3)nc1-c1ccccc1. The van der Waals surface area contributed by atoms with E-state index in [0.717, 1.165) is 35.4 Å². The number of carboxylic acids is 1. The molecule has 140 valence electrons. The fourth-order valence-corrected chi connectivity index (χ4v) is 5.27. The van der Waals surface area contributed by atoms with Gasteiger partial charge in [0, 0.05) is 10.4 Å². The van der Waals surface area contributed by atoms with Crippen molar-refractivity contribution in [1.82, 2.24) is 4.98 Å². The summed E-state index contributed by atoms with van der Waals surface area (Å²) in [5.41, 5.74) is 1.91. The lowest BCUT2D eigenvalue weighted by Crippen LogP contribution is -2.47. The van der Waals surface area contributed by atoms with Gasteiger partial charge in [0.05, 0.1) is 17.5 Å². The van der Waals surface area contributed by atoms with E-state index in [9.17, 15) is 14.7 Å². The Morgan fingerprint density at radius 3 is 2.41 bits per heavy atom. The zero-order valence-electron chi connectivity index (χ0n) is 15.1. The van der Waals surface area contributed by atoms with Gasteiger partial charge < -0.3 is 10.4 Å². The number of carbonyl (C=O) groups is 2. The zero-order valence-corrected chi connectivity index (χ0v) is 15.9. The summed E-state index contributed by atoms with van der Waals surface area (Å²) in [7, 11) is 0. The third kappa shape index (κ3) is 3.30. The Bertz CT molecular complexity index is 890. The molecule has 27 heavy (non-hydrogen) atoms. The van der Waals surface area contributed by atoms with Crippen molar-refractivity contribution < 1.29 is 14.7 Å². The van der Waals surface area contributed by atoms with Crippen LogP contribution in [0.3, 0.4) is 0 Å². The third-order valence-electron chi connectivity index (χ3n) is 5.63. The highest BCUT2D eigenvalue weighted by molar-refractivity contribution is 7.16. The minimum absolute atomic E-state index is 0.00435. The first kappa shape index (κ1) is 17.9. The quantitative estimate of drug-likeness (QED) is 0.759. The Labute approximate surface area is 162 Å². The molecule has 2 aromatic rings. The molecular weight excluding hydrogens is 360 g/mol. The summed E-state index contributed by atoms with van der Waals surface area (Å²) < 4.78 is 0. The van der Waals surface area contributed by atoms with Crippen molar-refractivity contribution in [2.24, 2.45) is 23.7 Å². The van der Waals surface area contributed by atoms with Crippen molar-refractivity contribution in [2.75, 3.05) is 5.32 Å². The number of aliphatic carboxylic acids is 1. The number of nitrogens with zero attached hydrogens (tertiary/aromatic N) is 1. The molecule has 0 radical (unpaired) electrons. The number of amides is 1. The molecule has 1 amide bonds. The van der Waals surface area contributed by atoms with Gasteiger partial charge in [0.25, 0.3) is 0 Å². The van der Waals surface area contributed by atoms with Gasteiger partial charge in [-0.3, -0.25) is 9.59 Å². The number of rotatable bonds is 5. The van der Waals surface area contributed by atoms with Gasteiger partial charge in [-0.15, -0.1) is 11.3 Å². The van der Waals surface area contributed by atoms with Gasteiger partial charge in [0.15, 0.2) is 5.13 Å². The lowest BCUT2D eigenvalue weighted by Gasteiger charge is -2.41. The standard InChI is InChI=1S/C21H22N2O3S/c1-2-15-18(14-6-4-3-5-7-14)22-21(27-15)23-19(24)16-12-8-10-13(11-9-12)17(16)20(25)26/h3-8,10,12-13,16-17H,2,9,11H2,1H3,(H,25,26)(H,22,23,24)/t12-,13-,16+,17+/m0/s1. The Balaban J connectivity index is 1.59. The van der Waals surface area contributed by atoms with Gasteiger partial charge >= 0.3 is 5.97 Å². The molecule has 1 heterocycles. The Morgan fingerprint density at radius 1 is 1.15 bits per heavy atom. The Hall–Kier alpha value is -2.47. The van der Waals surface area contributed by atoms with Crippen LogP contribution in [0, 0.1) is 23.7 Å². The normalized spacial score (nSPS) is 26.1. The van der Waals surface area contributed by atoms with Crippen LogP contribution in [0.25, 0.3) is 11.3 Å². The number of carbonyl (C=O) groups excluding carboxylic acids is 1. The number of nitrogens with one attached hydrogen (secondary N) is 1. The van der Waals surface area contributed by atoms with Gasteiger partial charge in [-0.2, -0.15) is 0 Å². The van der Waals surface area contributed by atoms with E-state index in [2.05, 4.69) is 17.2 Å². The van der Waals surface area contributed by atoms with Crippen molar-refractivity contribution in [3.63, 3.8) is 0 Å². The zero-order chi connectivity index (χ0) is 19.0. The number of aryl methyl sites for hydroxylation is 1. The minimum Gasteiger partial charge on any atom is -0.481 e. The van der Waals surface area contributed by atoms with Crippen LogP contribution < -0.4 is 5.32 Å². The molecular formula is C21H22N2O3S. The summed E-state index contributed by atoms with van der Waals surface area (Å²) in [5, 5.41) is 13.1. The molecule has 0 saturated heterocycles. The summed E-state index contributed by atoms with van der Waals surface area (Å²) in [6.45, 7) is 2.07. The predicted molar refractivity (Wildman–Crippen MR) is 106 cm³/mol. The van der Waals surface area contributed by atoms with Gasteiger partial charge in [0.1, 0.15) is 0 Å². The molecule has 1 fully saturated rings. The van der Waals surface area contributed by atoms with Crippen LogP contribution >= 0.6 is 11.3 Å². The number of thiazole rings is 1. The molecule has 3 aliphatic carbocycles. The molecule has 0 aliphatic heterocycles. The van der Waals surface area contributed by atoms with Gasteiger partial charge in [-0.05, 0) is 31.1 Å². The second-order valence-electron chi connectivity index (χ2n) is 7.18. The third-order valence-corrected chi connectivity index (χ3v) is 6.75. The highest BCUT2D eigenvalue weighted by atomic mass is 32.1. The number of anilines is 1. The van der Waals surface area contributed by atoms with Crippen LogP contribution in [0.2, 0.25) is 0 Å². The van der Waals surface area contributed by atoms with Crippen LogP contribution in [0.15, 0.2) is 42.5 Å². The van der Waals surface area contributed by atoms with Crippen LogP contribution in [0.1, 0.15) is 24.6 Å². The first-order chi connectivity index (χ1) is 13.1. The van der Waals surface area contributed by atoms with Crippen molar-refractivity contribution in [2.45, 2.75) is 26.2 Å². The smallest absolute Gasteiger partial charge is 0.307 e. The topological polar surface area (TPSA) is 79.3 Å².